The Morgan fingerprint density at radius 3 is 2.61 bits per heavy atom. The summed E-state index contributed by atoms with van der Waals surface area (Å²) in [5.41, 5.74) is 0.576. The Kier molecular flexibility index (Phi) is 3.98. The quantitative estimate of drug-likeness (QED) is 0.731. The maximum absolute atomic E-state index is 12.9. The van der Waals surface area contributed by atoms with Gasteiger partial charge in [-0.25, -0.2) is 0 Å². The van der Waals surface area contributed by atoms with E-state index in [1.807, 2.05) is 0 Å². The Morgan fingerprint density at radius 2 is 1.79 bits per heavy atom. The van der Waals surface area contributed by atoms with Crippen LogP contribution in [0.2, 0.25) is 5.02 Å². The number of Topliss-reactive ketones (excluding diaryl/α,β-unsaturated/α-hetero) is 1. The van der Waals surface area contributed by atoms with Crippen molar-refractivity contribution >= 4 is 23.3 Å². The highest BCUT2D eigenvalue weighted by Gasteiger charge is 2.43. The predicted octanol–water partition coefficient (Wildman–Crippen LogP) is 3.71. The monoisotopic (exact) mass is 399 g/mol. The molecule has 0 saturated carbocycles. The number of halogens is 1. The van der Waals surface area contributed by atoms with Gasteiger partial charge in [-0.15, -0.1) is 0 Å². The second-order valence-electron chi connectivity index (χ2n) is 7.39. The second-order valence-corrected chi connectivity index (χ2v) is 7.82. The molecule has 6 nitrogen and oxygen atoms in total. The highest BCUT2D eigenvalue weighted by atomic mass is 35.5. The zero-order chi connectivity index (χ0) is 19.3. The average Bonchev–Trinajstić information content (AvgIpc) is 3.15. The number of ketones is 1. The fourth-order valence-electron chi connectivity index (χ4n) is 4.08. The van der Waals surface area contributed by atoms with Crippen LogP contribution in [0.15, 0.2) is 36.4 Å². The number of likely N-dealkylation sites (tertiary alicyclic amines) is 1. The largest absolute Gasteiger partial charge is 0.486 e. The van der Waals surface area contributed by atoms with E-state index in [2.05, 4.69) is 0 Å². The lowest BCUT2D eigenvalue weighted by Crippen LogP contribution is -2.52. The highest BCUT2D eigenvalue weighted by Crippen LogP contribution is 2.41. The Hall–Kier alpha value is -2.73. The number of fused-ring (bicyclic) bond motifs is 2. The van der Waals surface area contributed by atoms with Crippen molar-refractivity contribution < 1.29 is 23.8 Å². The number of nitrogens with zero attached hydrogens (tertiary/aromatic N) is 1. The van der Waals surface area contributed by atoms with E-state index in [4.69, 9.17) is 25.8 Å². The van der Waals surface area contributed by atoms with Crippen LogP contribution in [0.25, 0.3) is 0 Å². The van der Waals surface area contributed by atoms with Crippen LogP contribution in [-0.4, -0.2) is 42.1 Å². The molecule has 0 unspecified atom stereocenters. The van der Waals surface area contributed by atoms with Gasteiger partial charge in [0.05, 0.1) is 12.0 Å². The molecule has 2 aromatic rings. The highest BCUT2D eigenvalue weighted by molar-refractivity contribution is 6.30. The summed E-state index contributed by atoms with van der Waals surface area (Å²) in [7, 11) is 0. The molecule has 1 amide bonds. The van der Waals surface area contributed by atoms with Crippen molar-refractivity contribution in [1.82, 2.24) is 4.90 Å². The van der Waals surface area contributed by atoms with Crippen molar-refractivity contribution in [3.05, 3.63) is 52.5 Å². The smallest absolute Gasteiger partial charge is 0.253 e. The van der Waals surface area contributed by atoms with Gasteiger partial charge in [0, 0.05) is 36.5 Å². The Morgan fingerprint density at radius 1 is 1.00 bits per heavy atom. The summed E-state index contributed by atoms with van der Waals surface area (Å²) >= 11 is 6.06. The van der Waals surface area contributed by atoms with Crippen LogP contribution in [0.3, 0.4) is 0 Å². The maximum atomic E-state index is 12.9. The number of ether oxygens (including phenoxy) is 3. The van der Waals surface area contributed by atoms with Gasteiger partial charge in [-0.1, -0.05) is 11.6 Å². The van der Waals surface area contributed by atoms with Crippen LogP contribution in [0, 0.1) is 0 Å². The first-order valence-electron chi connectivity index (χ1n) is 9.24. The number of carbonyl (C=O) groups is 2. The minimum absolute atomic E-state index is 0.0567. The fourth-order valence-corrected chi connectivity index (χ4v) is 4.24. The summed E-state index contributed by atoms with van der Waals surface area (Å²) in [5.74, 6) is 1.79. The molecule has 0 bridgehead atoms. The van der Waals surface area contributed by atoms with E-state index in [0.29, 0.717) is 65.8 Å². The van der Waals surface area contributed by atoms with Gasteiger partial charge < -0.3 is 19.1 Å². The number of carbonyl (C=O) groups excluding carboxylic acids is 2. The molecule has 1 saturated heterocycles. The zero-order valence-corrected chi connectivity index (χ0v) is 15.8. The predicted molar refractivity (Wildman–Crippen MR) is 101 cm³/mol. The van der Waals surface area contributed by atoms with Crippen LogP contribution in [0.5, 0.6) is 17.2 Å². The molecule has 1 fully saturated rings. The minimum Gasteiger partial charge on any atom is -0.486 e. The molecule has 3 aliphatic heterocycles. The number of amides is 1. The van der Waals surface area contributed by atoms with Crippen molar-refractivity contribution in [3.8, 4) is 17.2 Å². The number of benzene rings is 2. The summed E-state index contributed by atoms with van der Waals surface area (Å²) in [4.78, 5) is 27.3. The number of rotatable bonds is 1. The molecule has 0 atom stereocenters. The molecule has 2 aromatic carbocycles. The fraction of sp³-hybridized carbons (Fsp3) is 0.333. The zero-order valence-electron chi connectivity index (χ0n) is 15.1. The summed E-state index contributed by atoms with van der Waals surface area (Å²) < 4.78 is 16.9. The number of hydrogen-bond donors (Lipinski definition) is 0. The SMILES string of the molecule is O=C1CC2(CCN(C(=O)c3ccc4c(c3)OCO4)CC2)Oc2cc(Cl)ccc21. The Labute approximate surface area is 166 Å². The van der Waals surface area contributed by atoms with Crippen molar-refractivity contribution in [2.45, 2.75) is 24.9 Å². The molecule has 3 aliphatic rings. The molecule has 1 spiro atoms. The van der Waals surface area contributed by atoms with E-state index < -0.39 is 5.60 Å². The molecule has 28 heavy (non-hydrogen) atoms. The van der Waals surface area contributed by atoms with Crippen molar-refractivity contribution in [2.75, 3.05) is 19.9 Å². The lowest BCUT2D eigenvalue weighted by Gasteiger charge is -2.44. The summed E-state index contributed by atoms with van der Waals surface area (Å²) in [6.45, 7) is 1.23. The normalized spacial score (nSPS) is 19.3. The van der Waals surface area contributed by atoms with Gasteiger partial charge in [0.2, 0.25) is 6.79 Å². The third-order valence-corrected chi connectivity index (χ3v) is 5.87. The maximum Gasteiger partial charge on any atom is 0.253 e. The number of piperidine rings is 1. The molecule has 0 radical (unpaired) electrons. The van der Waals surface area contributed by atoms with Crippen LogP contribution in [0.4, 0.5) is 0 Å². The molecule has 144 valence electrons. The molecule has 7 heteroatoms. The molecule has 3 heterocycles. The molecule has 5 rings (SSSR count). The van der Waals surface area contributed by atoms with E-state index in [1.165, 1.54) is 0 Å². The minimum atomic E-state index is -0.569. The van der Waals surface area contributed by atoms with Gasteiger partial charge in [-0.2, -0.15) is 0 Å². The third-order valence-electron chi connectivity index (χ3n) is 5.63. The van der Waals surface area contributed by atoms with E-state index in [1.54, 1.807) is 41.3 Å². The van der Waals surface area contributed by atoms with E-state index in [0.717, 1.165) is 0 Å². The molecular formula is C21H18ClNO5. The van der Waals surface area contributed by atoms with Crippen LogP contribution in [0.1, 0.15) is 40.0 Å². The van der Waals surface area contributed by atoms with Gasteiger partial charge in [0.1, 0.15) is 11.4 Å². The Balaban J connectivity index is 1.31. The Bertz CT molecular complexity index is 981. The summed E-state index contributed by atoms with van der Waals surface area (Å²) in [6.07, 6.45) is 1.52. The van der Waals surface area contributed by atoms with Crippen LogP contribution < -0.4 is 14.2 Å². The number of hydrogen-bond acceptors (Lipinski definition) is 5. The first-order valence-corrected chi connectivity index (χ1v) is 9.62. The second kappa shape index (κ2) is 6.41. The lowest BCUT2D eigenvalue weighted by molar-refractivity contribution is -0.00570. The third kappa shape index (κ3) is 2.88. The van der Waals surface area contributed by atoms with Crippen LogP contribution in [-0.2, 0) is 0 Å². The van der Waals surface area contributed by atoms with Crippen molar-refractivity contribution in [2.24, 2.45) is 0 Å². The standard InChI is InChI=1S/C21H18ClNO5/c22-14-2-3-15-16(24)11-21(28-18(15)10-14)5-7-23(8-6-21)20(25)13-1-4-17-19(9-13)27-12-26-17/h1-4,9-10H,5-8,11-12H2. The van der Waals surface area contributed by atoms with E-state index in [-0.39, 0.29) is 18.5 Å². The van der Waals surface area contributed by atoms with E-state index in [9.17, 15) is 9.59 Å². The van der Waals surface area contributed by atoms with Gasteiger partial charge in [-0.3, -0.25) is 9.59 Å². The van der Waals surface area contributed by atoms with E-state index >= 15 is 0 Å². The first-order chi connectivity index (χ1) is 13.5. The van der Waals surface area contributed by atoms with Gasteiger partial charge >= 0.3 is 0 Å². The van der Waals surface area contributed by atoms with Gasteiger partial charge in [0.25, 0.3) is 5.91 Å². The topological polar surface area (TPSA) is 65.1 Å². The van der Waals surface area contributed by atoms with Gasteiger partial charge in [0.15, 0.2) is 17.3 Å². The first kappa shape index (κ1) is 17.4. The van der Waals surface area contributed by atoms with Crippen molar-refractivity contribution in [1.29, 1.82) is 0 Å². The molecule has 0 N–H and O–H groups in total. The molecule has 0 aliphatic carbocycles. The molecule has 0 aromatic heterocycles. The average molecular weight is 400 g/mol. The van der Waals surface area contributed by atoms with Gasteiger partial charge in [-0.05, 0) is 36.4 Å². The molecular weight excluding hydrogens is 382 g/mol. The van der Waals surface area contributed by atoms with Crippen LogP contribution >= 0.6 is 11.6 Å². The lowest BCUT2D eigenvalue weighted by atomic mass is 9.82. The summed E-state index contributed by atoms with van der Waals surface area (Å²) in [6, 6.07) is 10.3. The summed E-state index contributed by atoms with van der Waals surface area (Å²) in [5, 5.41) is 0.541. The van der Waals surface area contributed by atoms with Crippen molar-refractivity contribution in [3.63, 3.8) is 0 Å².